The largest absolute Gasteiger partial charge is 0.330 e. The summed E-state index contributed by atoms with van der Waals surface area (Å²) in [6, 6.07) is 11.0. The number of nitrogens with one attached hydrogen (secondary N) is 2. The molecule has 40 heavy (non-hydrogen) atoms. The molecule has 0 radical (unpaired) electrons. The highest BCUT2D eigenvalue weighted by Gasteiger charge is 2.33. The first-order chi connectivity index (χ1) is 19.0. The van der Waals surface area contributed by atoms with Crippen molar-refractivity contribution in [3.8, 4) is 0 Å². The number of rotatable bonds is 7. The third kappa shape index (κ3) is 5.75. The predicted octanol–water partition coefficient (Wildman–Crippen LogP) is 4.50. The molecule has 13 heteroatoms. The smallest absolute Gasteiger partial charge is 0.325 e. The van der Waals surface area contributed by atoms with Crippen LogP contribution in [0.5, 0.6) is 0 Å². The van der Waals surface area contributed by atoms with E-state index >= 15 is 0 Å². The molecule has 0 unspecified atom stereocenters. The van der Waals surface area contributed by atoms with E-state index in [9.17, 15) is 31.2 Å². The Morgan fingerprint density at radius 3 is 2.50 bits per heavy atom. The van der Waals surface area contributed by atoms with Gasteiger partial charge in [0.1, 0.15) is 23.5 Å². The SMILES string of the molecule is CN(C(=O)[C@H](Cc1cc(F)cc(F)c1)NC(=O)NS(=O)(=O)N1CCc2cc(F)ccc21)c1ccc2sccc2c1. The highest BCUT2D eigenvalue weighted by Crippen LogP contribution is 2.30. The minimum absolute atomic E-state index is 0.0138. The van der Waals surface area contributed by atoms with Crippen molar-refractivity contribution in [1.29, 1.82) is 0 Å². The molecule has 0 spiro atoms. The Morgan fingerprint density at radius 1 is 1.00 bits per heavy atom. The summed E-state index contributed by atoms with van der Waals surface area (Å²) in [6.45, 7) is -0.0138. The average Bonchev–Trinajstić information content (AvgIpc) is 3.53. The normalized spacial score (nSPS) is 13.7. The van der Waals surface area contributed by atoms with Gasteiger partial charge in [0.2, 0.25) is 5.91 Å². The van der Waals surface area contributed by atoms with E-state index in [1.54, 1.807) is 12.1 Å². The van der Waals surface area contributed by atoms with Crippen molar-refractivity contribution >= 4 is 54.9 Å². The van der Waals surface area contributed by atoms with Crippen LogP contribution in [0.1, 0.15) is 11.1 Å². The number of likely N-dealkylation sites (N-methyl/N-ethyl adjacent to an activating group) is 1. The number of thiophene rings is 1. The molecule has 3 amide bonds. The van der Waals surface area contributed by atoms with E-state index in [0.717, 1.165) is 32.6 Å². The minimum Gasteiger partial charge on any atom is -0.325 e. The molecule has 208 valence electrons. The van der Waals surface area contributed by atoms with E-state index in [-0.39, 0.29) is 30.6 Å². The third-order valence-electron chi connectivity index (χ3n) is 6.53. The van der Waals surface area contributed by atoms with Crippen LogP contribution in [0.2, 0.25) is 0 Å². The van der Waals surface area contributed by atoms with Crippen LogP contribution < -0.4 is 19.2 Å². The van der Waals surface area contributed by atoms with Gasteiger partial charge in [-0.3, -0.25) is 9.10 Å². The molecule has 1 aromatic heterocycles. The zero-order chi connectivity index (χ0) is 28.6. The van der Waals surface area contributed by atoms with Crippen LogP contribution in [0.3, 0.4) is 0 Å². The summed E-state index contributed by atoms with van der Waals surface area (Å²) in [5.41, 5.74) is 1.28. The van der Waals surface area contributed by atoms with Crippen molar-refractivity contribution in [2.75, 3.05) is 22.8 Å². The number of halogens is 3. The van der Waals surface area contributed by atoms with Crippen LogP contribution in [-0.2, 0) is 27.8 Å². The Morgan fingerprint density at radius 2 is 1.75 bits per heavy atom. The van der Waals surface area contributed by atoms with E-state index in [1.165, 1.54) is 35.4 Å². The Balaban J connectivity index is 1.38. The molecule has 2 heterocycles. The average molecular weight is 589 g/mol. The van der Waals surface area contributed by atoms with E-state index in [2.05, 4.69) is 5.32 Å². The van der Waals surface area contributed by atoms with Gasteiger partial charge in [-0.1, -0.05) is 0 Å². The van der Waals surface area contributed by atoms with Gasteiger partial charge < -0.3 is 10.2 Å². The first-order valence-corrected chi connectivity index (χ1v) is 14.4. The highest BCUT2D eigenvalue weighted by molar-refractivity contribution is 7.91. The number of urea groups is 1. The maximum atomic E-state index is 13.9. The zero-order valence-corrected chi connectivity index (χ0v) is 22.7. The number of nitrogens with zero attached hydrogens (tertiary/aromatic N) is 2. The van der Waals surface area contributed by atoms with Gasteiger partial charge in [-0.2, -0.15) is 8.42 Å². The fraction of sp³-hybridized carbons (Fsp3) is 0.185. The van der Waals surface area contributed by atoms with Gasteiger partial charge in [-0.15, -0.1) is 11.3 Å². The molecule has 4 aromatic rings. The monoisotopic (exact) mass is 588 g/mol. The standard InChI is InChI=1S/C27H23F3N4O4S2/c1-33(22-3-5-25-18(14-22)7-9-39-25)26(35)23(12-16-10-20(29)15-21(30)11-16)31-27(36)32-40(37,38)34-8-6-17-13-19(28)2-4-24(17)34/h2-5,7,9-11,13-15,23H,6,8,12H2,1H3,(H2,31,32,36)/t23-/m0/s1. The molecule has 5 rings (SSSR count). The molecule has 0 fully saturated rings. The van der Waals surface area contributed by atoms with Crippen molar-refractivity contribution in [2.24, 2.45) is 0 Å². The zero-order valence-electron chi connectivity index (χ0n) is 21.0. The van der Waals surface area contributed by atoms with Crippen LogP contribution >= 0.6 is 11.3 Å². The van der Waals surface area contributed by atoms with E-state index < -0.39 is 45.6 Å². The molecule has 1 aliphatic rings. The fourth-order valence-corrected chi connectivity index (χ4v) is 6.58. The Hall–Kier alpha value is -4.10. The summed E-state index contributed by atoms with van der Waals surface area (Å²) in [6.07, 6.45) is -0.0705. The first-order valence-electron chi connectivity index (χ1n) is 12.1. The van der Waals surface area contributed by atoms with Gasteiger partial charge in [0.25, 0.3) is 0 Å². The summed E-state index contributed by atoms with van der Waals surface area (Å²) in [5.74, 6) is -2.89. The number of carbonyl (C=O) groups excluding carboxylic acids is 2. The van der Waals surface area contributed by atoms with E-state index in [4.69, 9.17) is 0 Å². The molecule has 1 atom stereocenters. The van der Waals surface area contributed by atoms with Crippen molar-refractivity contribution in [3.05, 3.63) is 94.6 Å². The fourth-order valence-electron chi connectivity index (χ4n) is 4.64. The van der Waals surface area contributed by atoms with Crippen molar-refractivity contribution in [1.82, 2.24) is 10.0 Å². The van der Waals surface area contributed by atoms with E-state index in [1.807, 2.05) is 22.2 Å². The molecule has 0 saturated heterocycles. The van der Waals surface area contributed by atoms with Gasteiger partial charge in [0.15, 0.2) is 0 Å². The molecule has 2 N–H and O–H groups in total. The molecule has 1 aliphatic heterocycles. The van der Waals surface area contributed by atoms with Gasteiger partial charge in [0, 0.05) is 36.5 Å². The topological polar surface area (TPSA) is 98.8 Å². The number of fused-ring (bicyclic) bond motifs is 2. The van der Waals surface area contributed by atoms with Crippen LogP contribution in [-0.4, -0.2) is 40.0 Å². The Bertz CT molecular complexity index is 1710. The van der Waals surface area contributed by atoms with Crippen molar-refractivity contribution < 1.29 is 31.2 Å². The lowest BCUT2D eigenvalue weighted by Crippen LogP contribution is -2.54. The lowest BCUT2D eigenvalue weighted by molar-refractivity contribution is -0.120. The number of amides is 3. The number of anilines is 2. The van der Waals surface area contributed by atoms with Crippen LogP contribution in [0.4, 0.5) is 29.3 Å². The molecular weight excluding hydrogens is 565 g/mol. The van der Waals surface area contributed by atoms with Crippen molar-refractivity contribution in [2.45, 2.75) is 18.9 Å². The summed E-state index contributed by atoms with van der Waals surface area (Å²) in [7, 11) is -2.95. The second-order valence-corrected chi connectivity index (χ2v) is 11.8. The third-order valence-corrected chi connectivity index (χ3v) is 8.83. The van der Waals surface area contributed by atoms with Crippen molar-refractivity contribution in [3.63, 3.8) is 0 Å². The second kappa shape index (κ2) is 10.8. The molecule has 0 aliphatic carbocycles. The maximum Gasteiger partial charge on any atom is 0.330 e. The molecule has 0 bridgehead atoms. The molecule has 0 saturated carbocycles. The lowest BCUT2D eigenvalue weighted by atomic mass is 10.0. The van der Waals surface area contributed by atoms with E-state index in [0.29, 0.717) is 17.3 Å². The van der Waals surface area contributed by atoms with Gasteiger partial charge in [-0.25, -0.2) is 22.7 Å². The summed E-state index contributed by atoms with van der Waals surface area (Å²) in [4.78, 5) is 27.7. The van der Waals surface area contributed by atoms with Gasteiger partial charge >= 0.3 is 16.2 Å². The highest BCUT2D eigenvalue weighted by atomic mass is 32.2. The molecule has 3 aromatic carbocycles. The van der Waals surface area contributed by atoms with Crippen LogP contribution in [0.25, 0.3) is 10.1 Å². The minimum atomic E-state index is -4.43. The lowest BCUT2D eigenvalue weighted by Gasteiger charge is -2.26. The number of hydrogen-bond acceptors (Lipinski definition) is 5. The first kappa shape index (κ1) is 27.5. The molecule has 8 nitrogen and oxygen atoms in total. The van der Waals surface area contributed by atoms with Gasteiger partial charge in [0.05, 0.1) is 5.69 Å². The summed E-state index contributed by atoms with van der Waals surface area (Å²) in [5, 5.41) is 5.15. The number of benzene rings is 3. The summed E-state index contributed by atoms with van der Waals surface area (Å²) < 4.78 is 71.2. The second-order valence-electron chi connectivity index (χ2n) is 9.25. The quantitative estimate of drug-likeness (QED) is 0.332. The summed E-state index contributed by atoms with van der Waals surface area (Å²) >= 11 is 1.53. The maximum absolute atomic E-state index is 13.9. The van der Waals surface area contributed by atoms with Gasteiger partial charge in [-0.05, 0) is 82.9 Å². The Labute approximate surface area is 232 Å². The number of carbonyl (C=O) groups is 2. The van der Waals surface area contributed by atoms with Crippen LogP contribution in [0, 0.1) is 17.5 Å². The Kier molecular flexibility index (Phi) is 7.43. The predicted molar refractivity (Wildman–Crippen MR) is 147 cm³/mol. The molecular formula is C27H23F3N4O4S2. The van der Waals surface area contributed by atoms with Crippen LogP contribution in [0.15, 0.2) is 66.0 Å². The number of hydrogen-bond donors (Lipinski definition) is 2.